The van der Waals surface area contributed by atoms with Gasteiger partial charge in [-0.15, -0.1) is 0 Å². The van der Waals surface area contributed by atoms with Crippen LogP contribution in [0.3, 0.4) is 0 Å². The Morgan fingerprint density at radius 1 is 1.50 bits per heavy atom. The Kier molecular flexibility index (Phi) is 3.23. The quantitative estimate of drug-likeness (QED) is 0.561. The van der Waals surface area contributed by atoms with Crippen molar-refractivity contribution in [3.05, 3.63) is 29.8 Å². The van der Waals surface area contributed by atoms with E-state index in [0.29, 0.717) is 5.56 Å². The van der Waals surface area contributed by atoms with Crippen molar-refractivity contribution in [1.82, 2.24) is 0 Å². The SMILES string of the molecule is COC(=O)CC(=N)c1ccccc1O. The van der Waals surface area contributed by atoms with Gasteiger partial charge in [0.2, 0.25) is 0 Å². The molecule has 1 aromatic rings. The van der Waals surface area contributed by atoms with E-state index in [0.717, 1.165) is 0 Å². The predicted octanol–water partition coefficient (Wildman–Crippen LogP) is 1.32. The summed E-state index contributed by atoms with van der Waals surface area (Å²) in [7, 11) is 1.26. The number of esters is 1. The molecule has 0 amide bonds. The molecule has 0 aromatic heterocycles. The van der Waals surface area contributed by atoms with Crippen molar-refractivity contribution in [2.45, 2.75) is 6.42 Å². The number of carbonyl (C=O) groups excluding carboxylic acids is 1. The van der Waals surface area contributed by atoms with E-state index in [4.69, 9.17) is 5.41 Å². The Morgan fingerprint density at radius 3 is 2.71 bits per heavy atom. The second-order valence-corrected chi connectivity index (χ2v) is 2.75. The fourth-order valence-electron chi connectivity index (χ4n) is 1.04. The maximum absolute atomic E-state index is 10.9. The number of carbonyl (C=O) groups is 1. The van der Waals surface area contributed by atoms with Gasteiger partial charge in [-0.3, -0.25) is 4.79 Å². The zero-order chi connectivity index (χ0) is 10.6. The summed E-state index contributed by atoms with van der Waals surface area (Å²) in [5.41, 5.74) is 0.410. The molecular formula is C10H11NO3. The molecule has 0 unspecified atom stereocenters. The van der Waals surface area contributed by atoms with Gasteiger partial charge in [-0.05, 0) is 12.1 Å². The first kappa shape index (κ1) is 10.2. The largest absolute Gasteiger partial charge is 0.507 e. The summed E-state index contributed by atoms with van der Waals surface area (Å²) < 4.78 is 4.42. The molecular weight excluding hydrogens is 182 g/mol. The standard InChI is InChI=1S/C10H11NO3/c1-14-10(13)6-8(11)7-4-2-3-5-9(7)12/h2-5,11-12H,6H2,1H3. The minimum absolute atomic E-state index is 0.00130. The number of phenolic OH excluding ortho intramolecular Hbond substituents is 1. The number of rotatable bonds is 3. The van der Waals surface area contributed by atoms with Gasteiger partial charge in [-0.2, -0.15) is 0 Å². The van der Waals surface area contributed by atoms with Crippen LogP contribution in [0.15, 0.2) is 24.3 Å². The highest BCUT2D eigenvalue weighted by Gasteiger charge is 2.10. The Labute approximate surface area is 81.6 Å². The molecule has 0 radical (unpaired) electrons. The first-order valence-corrected chi connectivity index (χ1v) is 4.07. The summed E-state index contributed by atoms with van der Waals surface area (Å²) in [6.45, 7) is 0. The van der Waals surface area contributed by atoms with Gasteiger partial charge in [-0.1, -0.05) is 12.1 Å². The summed E-state index contributed by atoms with van der Waals surface area (Å²) in [6.07, 6.45) is -0.131. The lowest BCUT2D eigenvalue weighted by Gasteiger charge is -2.04. The van der Waals surface area contributed by atoms with Crippen molar-refractivity contribution < 1.29 is 14.6 Å². The lowest BCUT2D eigenvalue weighted by molar-refractivity contribution is -0.139. The molecule has 0 fully saturated rings. The minimum Gasteiger partial charge on any atom is -0.507 e. The molecule has 0 aliphatic heterocycles. The highest BCUT2D eigenvalue weighted by Crippen LogP contribution is 2.17. The summed E-state index contributed by atoms with van der Waals surface area (Å²) in [5, 5.41) is 16.9. The minimum atomic E-state index is -0.488. The third kappa shape index (κ3) is 2.32. The van der Waals surface area contributed by atoms with Crippen LogP contribution in [0, 0.1) is 5.41 Å². The zero-order valence-corrected chi connectivity index (χ0v) is 7.78. The van der Waals surface area contributed by atoms with Gasteiger partial charge in [0.25, 0.3) is 0 Å². The number of ether oxygens (including phenoxy) is 1. The predicted molar refractivity (Wildman–Crippen MR) is 51.6 cm³/mol. The van der Waals surface area contributed by atoms with Gasteiger partial charge in [-0.25, -0.2) is 0 Å². The average Bonchev–Trinajstić information content (AvgIpc) is 2.18. The van der Waals surface area contributed by atoms with E-state index in [9.17, 15) is 9.90 Å². The number of phenols is 1. The first-order chi connectivity index (χ1) is 6.65. The molecule has 0 atom stereocenters. The van der Waals surface area contributed by atoms with Crippen LogP contribution in [0.2, 0.25) is 0 Å². The molecule has 74 valence electrons. The molecule has 0 heterocycles. The van der Waals surface area contributed by atoms with Crippen LogP contribution < -0.4 is 0 Å². The fourth-order valence-corrected chi connectivity index (χ4v) is 1.04. The average molecular weight is 193 g/mol. The molecule has 4 heteroatoms. The third-order valence-electron chi connectivity index (χ3n) is 1.78. The van der Waals surface area contributed by atoms with Crippen LogP contribution >= 0.6 is 0 Å². The monoisotopic (exact) mass is 193 g/mol. The highest BCUT2D eigenvalue weighted by molar-refractivity contribution is 6.08. The van der Waals surface area contributed by atoms with Crippen LogP contribution in [0.25, 0.3) is 0 Å². The van der Waals surface area contributed by atoms with Crippen LogP contribution in [0.5, 0.6) is 5.75 Å². The molecule has 4 nitrogen and oxygen atoms in total. The molecule has 0 bridgehead atoms. The van der Waals surface area contributed by atoms with E-state index in [1.54, 1.807) is 18.2 Å². The highest BCUT2D eigenvalue weighted by atomic mass is 16.5. The number of hydrogen-bond acceptors (Lipinski definition) is 4. The number of aromatic hydroxyl groups is 1. The van der Waals surface area contributed by atoms with Crippen molar-refractivity contribution >= 4 is 11.7 Å². The van der Waals surface area contributed by atoms with E-state index < -0.39 is 5.97 Å². The topological polar surface area (TPSA) is 70.4 Å². The zero-order valence-electron chi connectivity index (χ0n) is 7.78. The first-order valence-electron chi connectivity index (χ1n) is 4.07. The summed E-state index contributed by atoms with van der Waals surface area (Å²) >= 11 is 0. The van der Waals surface area contributed by atoms with Gasteiger partial charge in [0, 0.05) is 5.56 Å². The molecule has 0 saturated heterocycles. The maximum atomic E-state index is 10.9. The number of para-hydroxylation sites is 1. The molecule has 0 saturated carbocycles. The lowest BCUT2D eigenvalue weighted by atomic mass is 10.1. The molecule has 0 spiro atoms. The van der Waals surface area contributed by atoms with Crippen LogP contribution in [-0.2, 0) is 9.53 Å². The third-order valence-corrected chi connectivity index (χ3v) is 1.78. The van der Waals surface area contributed by atoms with E-state index >= 15 is 0 Å². The van der Waals surface area contributed by atoms with Gasteiger partial charge < -0.3 is 15.3 Å². The van der Waals surface area contributed by atoms with Crippen LogP contribution in [0.4, 0.5) is 0 Å². The normalized spacial score (nSPS) is 9.50. The van der Waals surface area contributed by atoms with E-state index in [-0.39, 0.29) is 17.9 Å². The number of methoxy groups -OCH3 is 1. The van der Waals surface area contributed by atoms with Crippen molar-refractivity contribution in [1.29, 1.82) is 5.41 Å². The molecule has 14 heavy (non-hydrogen) atoms. The second-order valence-electron chi connectivity index (χ2n) is 2.75. The maximum Gasteiger partial charge on any atom is 0.311 e. The Balaban J connectivity index is 2.80. The van der Waals surface area contributed by atoms with E-state index in [1.165, 1.54) is 13.2 Å². The molecule has 2 N–H and O–H groups in total. The van der Waals surface area contributed by atoms with Crippen LogP contribution in [-0.4, -0.2) is 23.9 Å². The molecule has 0 aliphatic carbocycles. The van der Waals surface area contributed by atoms with Crippen molar-refractivity contribution in [3.8, 4) is 5.75 Å². The van der Waals surface area contributed by atoms with Gasteiger partial charge in [0.15, 0.2) is 0 Å². The fraction of sp³-hybridized carbons (Fsp3) is 0.200. The summed E-state index contributed by atoms with van der Waals surface area (Å²) in [4.78, 5) is 10.9. The number of benzene rings is 1. The Morgan fingerprint density at radius 2 is 2.14 bits per heavy atom. The van der Waals surface area contributed by atoms with Gasteiger partial charge in [0.1, 0.15) is 5.75 Å². The Bertz CT molecular complexity index is 360. The number of nitrogens with one attached hydrogen (secondary N) is 1. The molecule has 1 rings (SSSR count). The smallest absolute Gasteiger partial charge is 0.311 e. The summed E-state index contributed by atoms with van der Waals surface area (Å²) in [6, 6.07) is 6.41. The second kappa shape index (κ2) is 4.41. The molecule has 1 aromatic carbocycles. The van der Waals surface area contributed by atoms with Crippen molar-refractivity contribution in [3.63, 3.8) is 0 Å². The summed E-state index contributed by atoms with van der Waals surface area (Å²) in [5.74, 6) is -0.486. The van der Waals surface area contributed by atoms with Crippen molar-refractivity contribution in [2.75, 3.05) is 7.11 Å². The van der Waals surface area contributed by atoms with Gasteiger partial charge in [0.05, 0.1) is 19.2 Å². The van der Waals surface area contributed by atoms with Crippen molar-refractivity contribution in [2.24, 2.45) is 0 Å². The number of hydrogen-bond donors (Lipinski definition) is 2. The van der Waals surface area contributed by atoms with E-state index in [2.05, 4.69) is 4.74 Å². The molecule has 0 aliphatic rings. The Hall–Kier alpha value is -1.84. The van der Waals surface area contributed by atoms with Gasteiger partial charge >= 0.3 is 5.97 Å². The van der Waals surface area contributed by atoms with Crippen LogP contribution in [0.1, 0.15) is 12.0 Å². The lowest BCUT2D eigenvalue weighted by Crippen LogP contribution is -2.09. The van der Waals surface area contributed by atoms with E-state index in [1.807, 2.05) is 0 Å².